The highest BCUT2D eigenvalue weighted by Crippen LogP contribution is 2.18. The third-order valence-corrected chi connectivity index (χ3v) is 4.60. The molecule has 0 radical (unpaired) electrons. The second-order valence-electron chi connectivity index (χ2n) is 6.29. The van der Waals surface area contributed by atoms with E-state index in [1.807, 2.05) is 18.2 Å². The number of urea groups is 1. The van der Waals surface area contributed by atoms with Crippen LogP contribution >= 0.6 is 0 Å². The Balaban J connectivity index is 1.48. The number of hydrogen-bond acceptors (Lipinski definition) is 7. The Labute approximate surface area is 156 Å². The summed E-state index contributed by atoms with van der Waals surface area (Å²) in [6.45, 7) is 3.20. The topological polar surface area (TPSA) is 94.6 Å². The molecule has 0 bridgehead atoms. The smallest absolute Gasteiger partial charge is 0.328 e. The molecule has 0 aromatic carbocycles. The van der Waals surface area contributed by atoms with Crippen molar-refractivity contribution in [2.45, 2.75) is 0 Å². The first-order valence-corrected chi connectivity index (χ1v) is 8.66. The Hall–Kier alpha value is -3.49. The van der Waals surface area contributed by atoms with Crippen LogP contribution in [0.25, 0.3) is 6.08 Å². The molecule has 9 nitrogen and oxygen atoms in total. The SMILES string of the molecule is CN1C(=O)NC(=O)/C1=C\c1ccnc(N2CCN(c3ccccn3)CC2)n1. The van der Waals surface area contributed by atoms with Crippen molar-refractivity contribution in [1.29, 1.82) is 0 Å². The van der Waals surface area contributed by atoms with Gasteiger partial charge in [-0.05, 0) is 24.3 Å². The lowest BCUT2D eigenvalue weighted by molar-refractivity contribution is -0.115. The van der Waals surface area contributed by atoms with Gasteiger partial charge in [0.05, 0.1) is 5.69 Å². The van der Waals surface area contributed by atoms with E-state index in [4.69, 9.17) is 0 Å². The minimum atomic E-state index is -0.439. The van der Waals surface area contributed by atoms with Gasteiger partial charge in [0.15, 0.2) is 0 Å². The zero-order chi connectivity index (χ0) is 18.8. The van der Waals surface area contributed by atoms with E-state index in [9.17, 15) is 9.59 Å². The average Bonchev–Trinajstić information content (AvgIpc) is 2.95. The molecule has 2 fully saturated rings. The average molecular weight is 365 g/mol. The summed E-state index contributed by atoms with van der Waals surface area (Å²) in [5, 5.41) is 2.25. The number of nitrogens with one attached hydrogen (secondary N) is 1. The summed E-state index contributed by atoms with van der Waals surface area (Å²) in [7, 11) is 1.55. The zero-order valence-corrected chi connectivity index (χ0v) is 14.9. The third-order valence-electron chi connectivity index (χ3n) is 4.60. The van der Waals surface area contributed by atoms with E-state index in [-0.39, 0.29) is 5.70 Å². The number of hydrogen-bond donors (Lipinski definition) is 1. The summed E-state index contributed by atoms with van der Waals surface area (Å²) in [6.07, 6.45) is 5.05. The fourth-order valence-corrected chi connectivity index (χ4v) is 3.08. The molecule has 1 N–H and O–H groups in total. The molecule has 0 aliphatic carbocycles. The van der Waals surface area contributed by atoms with E-state index in [2.05, 4.69) is 30.1 Å². The Morgan fingerprint density at radius 2 is 1.78 bits per heavy atom. The highest BCUT2D eigenvalue weighted by Gasteiger charge is 2.30. The van der Waals surface area contributed by atoms with Crippen molar-refractivity contribution in [2.24, 2.45) is 0 Å². The van der Waals surface area contributed by atoms with Gasteiger partial charge in [0.1, 0.15) is 11.5 Å². The van der Waals surface area contributed by atoms with Crippen molar-refractivity contribution in [3.63, 3.8) is 0 Å². The van der Waals surface area contributed by atoms with E-state index in [1.165, 1.54) is 4.90 Å². The lowest BCUT2D eigenvalue weighted by Crippen LogP contribution is -2.47. The van der Waals surface area contributed by atoms with Crippen LogP contribution in [0.15, 0.2) is 42.4 Å². The Morgan fingerprint density at radius 3 is 2.44 bits per heavy atom. The molecule has 2 saturated heterocycles. The van der Waals surface area contributed by atoms with Crippen LogP contribution in [0.2, 0.25) is 0 Å². The van der Waals surface area contributed by atoms with Gasteiger partial charge in [-0.3, -0.25) is 15.0 Å². The normalized spacial score (nSPS) is 19.0. The summed E-state index contributed by atoms with van der Waals surface area (Å²) < 4.78 is 0. The molecule has 3 amide bonds. The fourth-order valence-electron chi connectivity index (χ4n) is 3.08. The van der Waals surface area contributed by atoms with E-state index in [0.717, 1.165) is 32.0 Å². The summed E-state index contributed by atoms with van der Waals surface area (Å²) in [6, 6.07) is 7.17. The van der Waals surface area contributed by atoms with Gasteiger partial charge in [-0.15, -0.1) is 0 Å². The van der Waals surface area contributed by atoms with Crippen molar-refractivity contribution < 1.29 is 9.59 Å². The molecular formula is C18H19N7O2. The lowest BCUT2D eigenvalue weighted by Gasteiger charge is -2.35. The maximum atomic E-state index is 11.8. The number of carbonyl (C=O) groups excluding carboxylic acids is 2. The first-order valence-electron chi connectivity index (χ1n) is 8.66. The van der Waals surface area contributed by atoms with Crippen LogP contribution < -0.4 is 15.1 Å². The minimum Gasteiger partial charge on any atom is -0.353 e. The van der Waals surface area contributed by atoms with Gasteiger partial charge in [-0.1, -0.05) is 6.07 Å². The van der Waals surface area contributed by atoms with Gasteiger partial charge in [-0.2, -0.15) is 0 Å². The number of nitrogens with zero attached hydrogens (tertiary/aromatic N) is 6. The Bertz CT molecular complexity index is 892. The summed E-state index contributed by atoms with van der Waals surface area (Å²) in [5.41, 5.74) is 0.850. The number of imide groups is 1. The molecule has 2 aliphatic rings. The fraction of sp³-hybridized carbons (Fsp3) is 0.278. The van der Waals surface area contributed by atoms with Crippen LogP contribution in [-0.4, -0.2) is 65.0 Å². The number of pyridine rings is 1. The Kier molecular flexibility index (Phi) is 4.41. The summed E-state index contributed by atoms with van der Waals surface area (Å²) >= 11 is 0. The molecule has 2 aromatic rings. The molecule has 0 spiro atoms. The second kappa shape index (κ2) is 7.02. The van der Waals surface area contributed by atoms with E-state index >= 15 is 0 Å². The van der Waals surface area contributed by atoms with Crippen molar-refractivity contribution in [2.75, 3.05) is 43.0 Å². The highest BCUT2D eigenvalue weighted by molar-refractivity contribution is 6.13. The lowest BCUT2D eigenvalue weighted by atomic mass is 10.3. The van der Waals surface area contributed by atoms with Gasteiger partial charge in [0.2, 0.25) is 5.95 Å². The van der Waals surface area contributed by atoms with E-state index in [1.54, 1.807) is 31.6 Å². The largest absolute Gasteiger partial charge is 0.353 e. The maximum Gasteiger partial charge on any atom is 0.328 e. The second-order valence-corrected chi connectivity index (χ2v) is 6.29. The number of aromatic nitrogens is 3. The van der Waals surface area contributed by atoms with Crippen LogP contribution in [0.5, 0.6) is 0 Å². The number of rotatable bonds is 3. The molecule has 27 heavy (non-hydrogen) atoms. The Morgan fingerprint density at radius 1 is 1.00 bits per heavy atom. The molecule has 0 saturated carbocycles. The predicted molar refractivity (Wildman–Crippen MR) is 100.0 cm³/mol. The van der Waals surface area contributed by atoms with Gasteiger partial charge in [0.25, 0.3) is 5.91 Å². The van der Waals surface area contributed by atoms with Crippen molar-refractivity contribution in [3.05, 3.63) is 48.1 Å². The number of piperazine rings is 1. The third kappa shape index (κ3) is 3.43. The van der Waals surface area contributed by atoms with Gasteiger partial charge < -0.3 is 9.80 Å². The molecule has 0 atom stereocenters. The molecule has 4 rings (SSSR count). The summed E-state index contributed by atoms with van der Waals surface area (Å²) in [5.74, 6) is 1.15. The standard InChI is InChI=1S/C18H19N7O2/c1-23-14(16(26)22-18(23)27)12-13-5-7-20-17(21-13)25-10-8-24(9-11-25)15-4-2-3-6-19-15/h2-7,12H,8-11H2,1H3,(H,22,26,27)/b14-12+. The highest BCUT2D eigenvalue weighted by atomic mass is 16.2. The molecule has 2 aliphatic heterocycles. The van der Waals surface area contributed by atoms with Gasteiger partial charge >= 0.3 is 6.03 Å². The number of amides is 3. The number of likely N-dealkylation sites (N-methyl/N-ethyl adjacent to an activating group) is 1. The summed E-state index contributed by atoms with van der Waals surface area (Å²) in [4.78, 5) is 42.3. The first kappa shape index (κ1) is 17.0. The van der Waals surface area contributed by atoms with Crippen LogP contribution in [-0.2, 0) is 4.79 Å². The number of anilines is 2. The molecule has 4 heterocycles. The van der Waals surface area contributed by atoms with E-state index < -0.39 is 11.9 Å². The van der Waals surface area contributed by atoms with E-state index in [0.29, 0.717) is 11.6 Å². The van der Waals surface area contributed by atoms with Crippen LogP contribution in [0.1, 0.15) is 5.69 Å². The predicted octanol–water partition coefficient (Wildman–Crippen LogP) is 0.721. The molecule has 9 heteroatoms. The molecule has 138 valence electrons. The van der Waals surface area contributed by atoms with Crippen molar-refractivity contribution in [1.82, 2.24) is 25.2 Å². The maximum absolute atomic E-state index is 11.8. The quantitative estimate of drug-likeness (QED) is 0.633. The zero-order valence-electron chi connectivity index (χ0n) is 14.9. The first-order chi connectivity index (χ1) is 13.1. The monoisotopic (exact) mass is 365 g/mol. The molecular weight excluding hydrogens is 346 g/mol. The van der Waals surface area contributed by atoms with Gasteiger partial charge in [-0.25, -0.2) is 19.7 Å². The van der Waals surface area contributed by atoms with Crippen molar-refractivity contribution in [3.8, 4) is 0 Å². The number of carbonyl (C=O) groups is 2. The van der Waals surface area contributed by atoms with Crippen molar-refractivity contribution >= 4 is 29.8 Å². The van der Waals surface area contributed by atoms with Crippen LogP contribution in [0.4, 0.5) is 16.6 Å². The molecule has 2 aromatic heterocycles. The molecule has 0 unspecified atom stereocenters. The minimum absolute atomic E-state index is 0.268. The van der Waals surface area contributed by atoms with Gasteiger partial charge in [0, 0.05) is 45.6 Å². The van der Waals surface area contributed by atoms with Crippen LogP contribution in [0.3, 0.4) is 0 Å². The van der Waals surface area contributed by atoms with Crippen LogP contribution in [0, 0.1) is 0 Å².